The van der Waals surface area contributed by atoms with Gasteiger partial charge in [0, 0.05) is 36.9 Å². The van der Waals surface area contributed by atoms with Crippen LogP contribution in [0.25, 0.3) is 10.8 Å². The number of imidazole rings is 1. The lowest BCUT2D eigenvalue weighted by molar-refractivity contribution is -0.135. The minimum atomic E-state index is -1.43. The van der Waals surface area contributed by atoms with Crippen molar-refractivity contribution in [3.63, 3.8) is 0 Å². The van der Waals surface area contributed by atoms with Crippen LogP contribution < -0.4 is 11.1 Å². The number of H-pyrrole nitrogens is 1. The first-order chi connectivity index (χ1) is 20.8. The van der Waals surface area contributed by atoms with E-state index in [0.717, 1.165) is 28.5 Å². The van der Waals surface area contributed by atoms with Crippen LogP contribution in [0.4, 0.5) is 0 Å². The van der Waals surface area contributed by atoms with Crippen molar-refractivity contribution in [1.82, 2.24) is 15.3 Å². The lowest BCUT2D eigenvalue weighted by atomic mass is 9.90. The SMILES string of the molecule is CC(C)C[C@H](NC(=O)C(CCOCCc1ccccc1)Cc1cccc2ccccc12)C(=O)C(O)[C@@H](N)Cc1cnc[nH]1. The Morgan fingerprint density at radius 3 is 2.47 bits per heavy atom. The van der Waals surface area contributed by atoms with Gasteiger partial charge >= 0.3 is 0 Å². The fourth-order valence-corrected chi connectivity index (χ4v) is 5.41. The van der Waals surface area contributed by atoms with Gasteiger partial charge in [0.15, 0.2) is 5.78 Å². The maximum atomic E-state index is 13.9. The van der Waals surface area contributed by atoms with Crippen LogP contribution >= 0.6 is 0 Å². The Morgan fingerprint density at radius 1 is 0.977 bits per heavy atom. The molecule has 3 aromatic carbocycles. The van der Waals surface area contributed by atoms with Gasteiger partial charge in [-0.05, 0) is 53.5 Å². The van der Waals surface area contributed by atoms with Crippen LogP contribution in [0.2, 0.25) is 0 Å². The molecule has 0 saturated heterocycles. The molecular formula is C35H44N4O4. The fraction of sp³-hybridized carbons (Fsp3) is 0.400. The van der Waals surface area contributed by atoms with E-state index in [1.165, 1.54) is 11.9 Å². The Morgan fingerprint density at radius 2 is 1.72 bits per heavy atom. The van der Waals surface area contributed by atoms with E-state index in [9.17, 15) is 14.7 Å². The number of nitrogens with two attached hydrogens (primary N) is 1. The molecule has 4 atom stereocenters. The first kappa shape index (κ1) is 32.1. The molecule has 2 unspecified atom stereocenters. The summed E-state index contributed by atoms with van der Waals surface area (Å²) in [4.78, 5) is 34.3. The third-order valence-corrected chi connectivity index (χ3v) is 7.78. The van der Waals surface area contributed by atoms with E-state index in [0.29, 0.717) is 32.5 Å². The van der Waals surface area contributed by atoms with Gasteiger partial charge in [0.1, 0.15) is 6.10 Å². The molecule has 1 heterocycles. The first-order valence-electron chi connectivity index (χ1n) is 15.1. The maximum absolute atomic E-state index is 13.9. The summed E-state index contributed by atoms with van der Waals surface area (Å²) in [6.45, 7) is 4.94. The quantitative estimate of drug-likeness (QED) is 0.136. The van der Waals surface area contributed by atoms with Crippen molar-refractivity contribution in [2.45, 2.75) is 64.1 Å². The zero-order valence-corrected chi connectivity index (χ0v) is 25.1. The molecular weight excluding hydrogens is 540 g/mol. The van der Waals surface area contributed by atoms with Crippen LogP contribution in [-0.4, -0.2) is 58.2 Å². The smallest absolute Gasteiger partial charge is 0.224 e. The van der Waals surface area contributed by atoms with Gasteiger partial charge in [-0.25, -0.2) is 4.98 Å². The van der Waals surface area contributed by atoms with E-state index < -0.39 is 29.9 Å². The van der Waals surface area contributed by atoms with Crippen LogP contribution in [0, 0.1) is 11.8 Å². The van der Waals surface area contributed by atoms with Crippen LogP contribution in [0.5, 0.6) is 0 Å². The largest absolute Gasteiger partial charge is 0.384 e. The summed E-state index contributed by atoms with van der Waals surface area (Å²) < 4.78 is 5.97. The van der Waals surface area contributed by atoms with Gasteiger partial charge in [-0.3, -0.25) is 9.59 Å². The molecule has 0 aliphatic heterocycles. The number of benzene rings is 3. The normalized spacial score (nSPS) is 14.3. The number of nitrogens with zero attached hydrogens (tertiary/aromatic N) is 1. The second kappa shape index (κ2) is 16.1. The Balaban J connectivity index is 1.46. The van der Waals surface area contributed by atoms with Gasteiger partial charge in [0.05, 0.1) is 19.0 Å². The number of amides is 1. The van der Waals surface area contributed by atoms with Crippen molar-refractivity contribution in [3.8, 4) is 0 Å². The minimum absolute atomic E-state index is 0.114. The molecule has 0 saturated carbocycles. The first-order valence-corrected chi connectivity index (χ1v) is 15.1. The predicted octanol–water partition coefficient (Wildman–Crippen LogP) is 4.40. The molecule has 0 aliphatic carbocycles. The Labute approximate surface area is 254 Å². The molecule has 0 radical (unpaired) electrons. The second-order valence-electron chi connectivity index (χ2n) is 11.7. The molecule has 8 nitrogen and oxygen atoms in total. The third-order valence-electron chi connectivity index (χ3n) is 7.78. The summed E-state index contributed by atoms with van der Waals surface area (Å²) in [6.07, 6.45) is 4.16. The van der Waals surface area contributed by atoms with Gasteiger partial charge < -0.3 is 25.9 Å². The number of nitrogens with one attached hydrogen (secondary N) is 2. The molecule has 1 aromatic heterocycles. The molecule has 43 heavy (non-hydrogen) atoms. The lowest BCUT2D eigenvalue weighted by Crippen LogP contribution is -2.53. The van der Waals surface area contributed by atoms with Crippen LogP contribution in [-0.2, 0) is 33.6 Å². The predicted molar refractivity (Wildman–Crippen MR) is 169 cm³/mol. The standard InChI is InChI=1S/C35H44N4O4/c1-24(2)19-32(34(41)33(40)31(36)21-29-22-37-23-38-29)39-35(42)28(16-18-43-17-15-25-9-4-3-5-10-25)20-27-13-8-12-26-11-6-7-14-30(26)27/h3-14,22-24,28,31-33,40H,15-21,36H2,1-2H3,(H,37,38)(H,39,42)/t28?,31-,32-,33?/m0/s1. The summed E-state index contributed by atoms with van der Waals surface area (Å²) in [5, 5.41) is 16.1. The number of aliphatic hydroxyl groups is 1. The molecule has 0 bridgehead atoms. The third kappa shape index (κ3) is 9.58. The van der Waals surface area contributed by atoms with E-state index >= 15 is 0 Å². The average molecular weight is 585 g/mol. The van der Waals surface area contributed by atoms with Crippen molar-refractivity contribution < 1.29 is 19.4 Å². The van der Waals surface area contributed by atoms with E-state index in [4.69, 9.17) is 10.5 Å². The number of hydrogen-bond donors (Lipinski definition) is 4. The zero-order valence-electron chi connectivity index (χ0n) is 25.1. The number of carbonyl (C=O) groups excluding carboxylic acids is 2. The van der Waals surface area contributed by atoms with Crippen molar-refractivity contribution in [2.24, 2.45) is 17.6 Å². The van der Waals surface area contributed by atoms with E-state index in [1.807, 2.05) is 56.3 Å². The van der Waals surface area contributed by atoms with E-state index in [2.05, 4.69) is 45.6 Å². The summed E-state index contributed by atoms with van der Waals surface area (Å²) in [5.74, 6) is -1.02. The number of fused-ring (bicyclic) bond motifs is 1. The summed E-state index contributed by atoms with van der Waals surface area (Å²) in [5.41, 5.74) is 9.21. The summed E-state index contributed by atoms with van der Waals surface area (Å²) >= 11 is 0. The Hall–Kier alpha value is -3.85. The lowest BCUT2D eigenvalue weighted by Gasteiger charge is -2.27. The average Bonchev–Trinajstić information content (AvgIpc) is 3.52. The number of Topliss-reactive ketones (excluding diaryl/α,β-unsaturated/α-hetero) is 1. The minimum Gasteiger partial charge on any atom is -0.384 e. The number of rotatable bonds is 17. The van der Waals surface area contributed by atoms with Gasteiger partial charge in [0.25, 0.3) is 0 Å². The van der Waals surface area contributed by atoms with Crippen LogP contribution in [0.1, 0.15) is 43.5 Å². The van der Waals surface area contributed by atoms with E-state index in [-0.39, 0.29) is 18.2 Å². The van der Waals surface area contributed by atoms with Crippen molar-refractivity contribution in [1.29, 1.82) is 0 Å². The number of hydrogen-bond acceptors (Lipinski definition) is 6. The molecule has 228 valence electrons. The van der Waals surface area contributed by atoms with Crippen LogP contribution in [0.3, 0.4) is 0 Å². The zero-order chi connectivity index (χ0) is 30.6. The van der Waals surface area contributed by atoms with Gasteiger partial charge in [-0.1, -0.05) is 86.6 Å². The second-order valence-corrected chi connectivity index (χ2v) is 11.7. The summed E-state index contributed by atoms with van der Waals surface area (Å²) in [7, 11) is 0. The maximum Gasteiger partial charge on any atom is 0.224 e. The highest BCUT2D eigenvalue weighted by atomic mass is 16.5. The van der Waals surface area contributed by atoms with Gasteiger partial charge in [0.2, 0.25) is 5.91 Å². The molecule has 4 rings (SSSR count). The summed E-state index contributed by atoms with van der Waals surface area (Å²) in [6, 6.07) is 22.7. The number of carbonyl (C=O) groups is 2. The molecule has 4 aromatic rings. The number of aliphatic hydroxyl groups excluding tert-OH is 1. The number of aromatic nitrogens is 2. The molecule has 8 heteroatoms. The van der Waals surface area contributed by atoms with E-state index in [1.54, 1.807) is 6.20 Å². The van der Waals surface area contributed by atoms with Crippen molar-refractivity contribution >= 4 is 22.5 Å². The number of ether oxygens (including phenoxy) is 1. The number of ketones is 1. The topological polar surface area (TPSA) is 130 Å². The number of aromatic amines is 1. The monoisotopic (exact) mass is 584 g/mol. The van der Waals surface area contributed by atoms with Crippen molar-refractivity contribution in [3.05, 3.63) is 102 Å². The van der Waals surface area contributed by atoms with Crippen molar-refractivity contribution in [2.75, 3.05) is 13.2 Å². The highest BCUT2D eigenvalue weighted by molar-refractivity contribution is 5.93. The molecule has 1 amide bonds. The van der Waals surface area contributed by atoms with Gasteiger partial charge in [-0.15, -0.1) is 0 Å². The Kier molecular flexibility index (Phi) is 12.0. The molecule has 0 aliphatic rings. The fourth-order valence-electron chi connectivity index (χ4n) is 5.41. The molecule has 0 fully saturated rings. The highest BCUT2D eigenvalue weighted by Gasteiger charge is 2.33. The van der Waals surface area contributed by atoms with Gasteiger partial charge in [-0.2, -0.15) is 0 Å². The molecule has 5 N–H and O–H groups in total. The highest BCUT2D eigenvalue weighted by Crippen LogP contribution is 2.23. The Bertz CT molecular complexity index is 1420. The molecule has 0 spiro atoms. The van der Waals surface area contributed by atoms with Crippen LogP contribution in [0.15, 0.2) is 85.3 Å².